The first-order valence-corrected chi connectivity index (χ1v) is 7.71. The summed E-state index contributed by atoms with van der Waals surface area (Å²) < 4.78 is 0. The van der Waals surface area contributed by atoms with Crippen molar-refractivity contribution in [2.45, 2.75) is 64.7 Å². The molecule has 1 saturated carbocycles. The zero-order valence-corrected chi connectivity index (χ0v) is 12.4. The van der Waals surface area contributed by atoms with Gasteiger partial charge in [0, 0.05) is 6.04 Å². The number of rotatable bonds is 5. The van der Waals surface area contributed by atoms with Crippen LogP contribution in [0, 0.1) is 5.92 Å². The molecular weight excluding hydrogens is 256 g/mol. The van der Waals surface area contributed by atoms with Crippen molar-refractivity contribution in [3.05, 3.63) is 0 Å². The molecule has 0 aromatic rings. The van der Waals surface area contributed by atoms with E-state index in [1.807, 2.05) is 13.8 Å². The van der Waals surface area contributed by atoms with Crippen molar-refractivity contribution in [2.24, 2.45) is 5.92 Å². The molecule has 2 fully saturated rings. The number of hydrogen-bond donors (Lipinski definition) is 3. The molecule has 0 bridgehead atoms. The van der Waals surface area contributed by atoms with Crippen molar-refractivity contribution in [3.8, 4) is 0 Å². The smallest absolute Gasteiger partial charge is 0.305 e. The summed E-state index contributed by atoms with van der Waals surface area (Å²) in [6.07, 6.45) is 7.32. The van der Waals surface area contributed by atoms with Crippen molar-refractivity contribution in [1.82, 2.24) is 20.9 Å². The molecule has 0 radical (unpaired) electrons. The lowest BCUT2D eigenvalue weighted by atomic mass is 9.87. The molecule has 6 heteroatoms. The van der Waals surface area contributed by atoms with Gasteiger partial charge in [-0.05, 0) is 32.7 Å². The van der Waals surface area contributed by atoms with E-state index < -0.39 is 6.29 Å². The van der Waals surface area contributed by atoms with E-state index in [4.69, 9.17) is 0 Å². The lowest BCUT2D eigenvalue weighted by molar-refractivity contribution is 0.148. The summed E-state index contributed by atoms with van der Waals surface area (Å²) in [4.78, 5) is 24.9. The van der Waals surface area contributed by atoms with Gasteiger partial charge in [-0.15, -0.1) is 0 Å². The minimum Gasteiger partial charge on any atom is -0.305 e. The van der Waals surface area contributed by atoms with Crippen LogP contribution in [0.1, 0.15) is 52.4 Å². The van der Waals surface area contributed by atoms with E-state index in [2.05, 4.69) is 16.0 Å². The van der Waals surface area contributed by atoms with Crippen LogP contribution in [0.5, 0.6) is 0 Å². The Kier molecular flexibility index (Phi) is 5.23. The quantitative estimate of drug-likeness (QED) is 0.722. The van der Waals surface area contributed by atoms with Crippen LogP contribution in [0.3, 0.4) is 0 Å². The molecule has 1 saturated heterocycles. The van der Waals surface area contributed by atoms with E-state index in [1.54, 1.807) is 0 Å². The molecule has 0 aromatic carbocycles. The first-order valence-electron chi connectivity index (χ1n) is 7.71. The molecule has 20 heavy (non-hydrogen) atoms. The summed E-state index contributed by atoms with van der Waals surface area (Å²) in [6.45, 7) is 4.45. The van der Waals surface area contributed by atoms with Crippen molar-refractivity contribution in [1.29, 1.82) is 0 Å². The summed E-state index contributed by atoms with van der Waals surface area (Å²) in [5.41, 5.74) is 0. The van der Waals surface area contributed by atoms with Crippen molar-refractivity contribution < 1.29 is 9.59 Å². The summed E-state index contributed by atoms with van der Waals surface area (Å²) in [7, 11) is 0. The van der Waals surface area contributed by atoms with E-state index in [0.29, 0.717) is 0 Å². The molecule has 1 aliphatic heterocycles. The molecule has 1 heterocycles. The first-order chi connectivity index (χ1) is 9.58. The number of carbonyl (C=O) groups is 2. The fourth-order valence-electron chi connectivity index (χ4n) is 2.99. The Bertz CT molecular complexity index is 335. The molecule has 0 aromatic heterocycles. The Morgan fingerprint density at radius 2 is 1.75 bits per heavy atom. The fraction of sp³-hybridized carbons (Fsp3) is 0.857. The van der Waals surface area contributed by atoms with Crippen LogP contribution in [0.4, 0.5) is 9.59 Å². The van der Waals surface area contributed by atoms with Gasteiger partial charge in [-0.1, -0.05) is 32.1 Å². The molecule has 114 valence electrons. The van der Waals surface area contributed by atoms with E-state index >= 15 is 0 Å². The number of imide groups is 1. The van der Waals surface area contributed by atoms with Gasteiger partial charge in [-0.2, -0.15) is 0 Å². The van der Waals surface area contributed by atoms with Gasteiger partial charge in [0.05, 0.1) is 0 Å². The van der Waals surface area contributed by atoms with Crippen LogP contribution in [0.25, 0.3) is 0 Å². The Morgan fingerprint density at radius 3 is 2.30 bits per heavy atom. The molecule has 4 amide bonds. The predicted molar refractivity (Wildman–Crippen MR) is 77.0 cm³/mol. The Morgan fingerprint density at radius 1 is 1.15 bits per heavy atom. The molecule has 3 N–H and O–H groups in total. The normalized spacial score (nSPS) is 22.1. The summed E-state index contributed by atoms with van der Waals surface area (Å²) in [5.74, 6) is 0.790. The van der Waals surface area contributed by atoms with Crippen LogP contribution in [-0.4, -0.2) is 35.8 Å². The highest BCUT2D eigenvalue weighted by Crippen LogP contribution is 2.25. The zero-order chi connectivity index (χ0) is 14.5. The number of hydrogen-bond acceptors (Lipinski definition) is 3. The minimum absolute atomic E-state index is 0.141. The number of amides is 4. The van der Waals surface area contributed by atoms with Crippen LogP contribution in [0.15, 0.2) is 0 Å². The standard InChI is InChI=1S/C14H26N4O2/c1-10(2)18-13(19)16-12(17-14(18)20)15-9-8-11-6-4-3-5-7-11/h10-12,15H,3-9H2,1-2H3,(H,16,19)(H,17,20). The van der Waals surface area contributed by atoms with Gasteiger partial charge >= 0.3 is 12.1 Å². The third kappa shape index (κ3) is 3.85. The van der Waals surface area contributed by atoms with Crippen molar-refractivity contribution >= 4 is 12.1 Å². The summed E-state index contributed by atoms with van der Waals surface area (Å²) in [5, 5.41) is 8.72. The second kappa shape index (κ2) is 6.92. The van der Waals surface area contributed by atoms with Crippen molar-refractivity contribution in [2.75, 3.05) is 6.54 Å². The van der Waals surface area contributed by atoms with E-state index in [-0.39, 0.29) is 18.1 Å². The number of nitrogens with one attached hydrogen (secondary N) is 3. The third-order valence-electron chi connectivity index (χ3n) is 4.12. The van der Waals surface area contributed by atoms with Crippen LogP contribution >= 0.6 is 0 Å². The molecular formula is C14H26N4O2. The largest absolute Gasteiger partial charge is 0.328 e. The Hall–Kier alpha value is -1.30. The van der Waals surface area contributed by atoms with Crippen LogP contribution in [-0.2, 0) is 0 Å². The Balaban J connectivity index is 1.72. The van der Waals surface area contributed by atoms with Crippen LogP contribution < -0.4 is 16.0 Å². The van der Waals surface area contributed by atoms with Crippen LogP contribution in [0.2, 0.25) is 0 Å². The van der Waals surface area contributed by atoms with Gasteiger partial charge in [0.2, 0.25) is 0 Å². The van der Waals surface area contributed by atoms with Gasteiger partial charge in [0.15, 0.2) is 6.29 Å². The molecule has 0 unspecified atom stereocenters. The highest BCUT2D eigenvalue weighted by Gasteiger charge is 2.32. The maximum absolute atomic E-state index is 11.8. The van der Waals surface area contributed by atoms with E-state index in [9.17, 15) is 9.59 Å². The monoisotopic (exact) mass is 282 g/mol. The zero-order valence-electron chi connectivity index (χ0n) is 12.4. The average Bonchev–Trinajstić information content (AvgIpc) is 2.38. The van der Waals surface area contributed by atoms with E-state index in [0.717, 1.165) is 18.9 Å². The first kappa shape index (κ1) is 15.1. The SMILES string of the molecule is CC(C)N1C(=O)NC(NCCC2CCCCC2)NC1=O. The second-order valence-corrected chi connectivity index (χ2v) is 6.04. The Labute approximate surface area is 120 Å². The topological polar surface area (TPSA) is 73.5 Å². The van der Waals surface area contributed by atoms with Gasteiger partial charge in [0.1, 0.15) is 0 Å². The third-order valence-corrected chi connectivity index (χ3v) is 4.12. The highest BCUT2D eigenvalue weighted by atomic mass is 16.2. The van der Waals surface area contributed by atoms with Gasteiger partial charge < -0.3 is 10.6 Å². The molecule has 2 rings (SSSR count). The highest BCUT2D eigenvalue weighted by molar-refractivity contribution is 5.96. The molecule has 0 atom stereocenters. The maximum atomic E-state index is 11.8. The second-order valence-electron chi connectivity index (χ2n) is 6.04. The summed E-state index contributed by atoms with van der Waals surface area (Å²) in [6, 6.07) is -0.809. The lowest BCUT2D eigenvalue weighted by Gasteiger charge is -2.35. The number of urea groups is 2. The molecule has 0 spiro atoms. The predicted octanol–water partition coefficient (Wildman–Crippen LogP) is 1.97. The molecule has 6 nitrogen and oxygen atoms in total. The van der Waals surface area contributed by atoms with Gasteiger partial charge in [0.25, 0.3) is 0 Å². The van der Waals surface area contributed by atoms with Gasteiger partial charge in [-0.25, -0.2) is 14.5 Å². The van der Waals surface area contributed by atoms with Crippen molar-refractivity contribution in [3.63, 3.8) is 0 Å². The fourth-order valence-corrected chi connectivity index (χ4v) is 2.99. The van der Waals surface area contributed by atoms with Gasteiger partial charge in [-0.3, -0.25) is 5.32 Å². The number of nitrogens with zero attached hydrogens (tertiary/aromatic N) is 1. The maximum Gasteiger partial charge on any atom is 0.328 e. The molecule has 1 aliphatic carbocycles. The minimum atomic E-state index is -0.450. The van der Waals surface area contributed by atoms with E-state index in [1.165, 1.54) is 37.0 Å². The number of carbonyl (C=O) groups excluding carboxylic acids is 2. The molecule has 2 aliphatic rings. The average molecular weight is 282 g/mol. The lowest BCUT2D eigenvalue weighted by Crippen LogP contribution is -2.69. The summed E-state index contributed by atoms with van der Waals surface area (Å²) >= 11 is 0.